The van der Waals surface area contributed by atoms with Crippen molar-refractivity contribution in [2.45, 2.75) is 25.4 Å². The lowest BCUT2D eigenvalue weighted by molar-refractivity contribution is -0.130. The Morgan fingerprint density at radius 3 is 2.74 bits per heavy atom. The molecule has 3 aliphatic rings. The largest absolute Gasteiger partial charge is 0.419 e. The van der Waals surface area contributed by atoms with Crippen molar-refractivity contribution in [3.8, 4) is 11.5 Å². The van der Waals surface area contributed by atoms with Gasteiger partial charge in [-0.25, -0.2) is 0 Å². The zero-order valence-electron chi connectivity index (χ0n) is 16.0. The van der Waals surface area contributed by atoms with E-state index in [4.69, 9.17) is 4.42 Å². The van der Waals surface area contributed by atoms with Gasteiger partial charge in [-0.2, -0.15) is 0 Å². The minimum absolute atomic E-state index is 0.173. The molecule has 2 bridgehead atoms. The van der Waals surface area contributed by atoms with Crippen LogP contribution in [0, 0.1) is 5.92 Å². The standard InChI is InChI=1S/C20H27N5O2/c1-23(2)19(26)14-24-10-15-8-9-17(12-24)25(11-15)13-18-21-22-20(27-18)16-6-4-3-5-7-16/h3-7,15,17H,8-14H2,1-2H3/t15-,17+/m1/s1. The number of hydrogen-bond donors (Lipinski definition) is 0. The van der Waals surface area contributed by atoms with E-state index in [2.05, 4.69) is 20.0 Å². The molecule has 27 heavy (non-hydrogen) atoms. The highest BCUT2D eigenvalue weighted by molar-refractivity contribution is 5.77. The molecular formula is C20H27N5O2. The van der Waals surface area contributed by atoms with Crippen LogP contribution < -0.4 is 0 Å². The van der Waals surface area contributed by atoms with Crippen molar-refractivity contribution in [1.29, 1.82) is 0 Å². The zero-order chi connectivity index (χ0) is 18.8. The molecule has 1 amide bonds. The van der Waals surface area contributed by atoms with E-state index in [0.717, 1.165) is 31.6 Å². The third-order valence-electron chi connectivity index (χ3n) is 5.59. The summed E-state index contributed by atoms with van der Waals surface area (Å²) in [4.78, 5) is 18.5. The SMILES string of the molecule is CN(C)C(=O)CN1C[C@H]2CC[C@@H](C1)N(Cc1nnc(-c3ccccc3)o1)C2. The van der Waals surface area contributed by atoms with Crippen LogP contribution in [0.3, 0.4) is 0 Å². The molecule has 0 aliphatic carbocycles. The molecule has 7 heteroatoms. The van der Waals surface area contributed by atoms with Gasteiger partial charge in [0.2, 0.25) is 17.7 Å². The first-order chi connectivity index (χ1) is 13.1. The lowest BCUT2D eigenvalue weighted by atomic mass is 9.95. The number of likely N-dealkylation sites (N-methyl/N-ethyl adjacent to an activating group) is 1. The minimum Gasteiger partial charge on any atom is -0.419 e. The van der Waals surface area contributed by atoms with Crippen LogP contribution in [-0.4, -0.2) is 77.1 Å². The molecule has 0 unspecified atom stereocenters. The van der Waals surface area contributed by atoms with E-state index in [9.17, 15) is 4.79 Å². The van der Waals surface area contributed by atoms with Crippen LogP contribution in [0.1, 0.15) is 18.7 Å². The molecule has 4 heterocycles. The molecule has 2 aromatic rings. The fourth-order valence-corrected chi connectivity index (χ4v) is 4.12. The average molecular weight is 369 g/mol. The molecule has 3 aliphatic heterocycles. The van der Waals surface area contributed by atoms with Crippen molar-refractivity contribution in [1.82, 2.24) is 24.9 Å². The topological polar surface area (TPSA) is 65.7 Å². The van der Waals surface area contributed by atoms with Gasteiger partial charge >= 0.3 is 0 Å². The van der Waals surface area contributed by atoms with E-state index in [0.29, 0.717) is 36.8 Å². The van der Waals surface area contributed by atoms with Crippen LogP contribution >= 0.6 is 0 Å². The van der Waals surface area contributed by atoms with Crippen LogP contribution in [0.15, 0.2) is 34.7 Å². The van der Waals surface area contributed by atoms with E-state index in [1.54, 1.807) is 4.90 Å². The summed E-state index contributed by atoms with van der Waals surface area (Å²) in [5, 5.41) is 8.47. The minimum atomic E-state index is 0.173. The quantitative estimate of drug-likeness (QED) is 0.800. The second-order valence-electron chi connectivity index (χ2n) is 7.88. The monoisotopic (exact) mass is 369 g/mol. The maximum atomic E-state index is 12.1. The summed E-state index contributed by atoms with van der Waals surface area (Å²) in [7, 11) is 3.64. The zero-order valence-corrected chi connectivity index (χ0v) is 16.0. The van der Waals surface area contributed by atoms with Crippen molar-refractivity contribution >= 4 is 5.91 Å². The molecule has 3 fully saturated rings. The Hall–Kier alpha value is -2.25. The van der Waals surface area contributed by atoms with Crippen LogP contribution in [0.5, 0.6) is 0 Å². The molecule has 0 N–H and O–H groups in total. The van der Waals surface area contributed by atoms with Crippen LogP contribution in [-0.2, 0) is 11.3 Å². The van der Waals surface area contributed by atoms with E-state index < -0.39 is 0 Å². The third kappa shape index (κ3) is 4.20. The summed E-state index contributed by atoms with van der Waals surface area (Å²) in [6.07, 6.45) is 2.39. The number of hydrogen-bond acceptors (Lipinski definition) is 6. The predicted molar refractivity (Wildman–Crippen MR) is 102 cm³/mol. The van der Waals surface area contributed by atoms with Crippen molar-refractivity contribution < 1.29 is 9.21 Å². The van der Waals surface area contributed by atoms with E-state index in [-0.39, 0.29) is 5.91 Å². The second-order valence-corrected chi connectivity index (χ2v) is 7.88. The highest BCUT2D eigenvalue weighted by Crippen LogP contribution is 2.29. The average Bonchev–Trinajstić information content (AvgIpc) is 2.96. The van der Waals surface area contributed by atoms with Gasteiger partial charge in [-0.15, -0.1) is 10.2 Å². The molecule has 0 spiro atoms. The summed E-state index contributed by atoms with van der Waals surface area (Å²) in [6, 6.07) is 10.3. The van der Waals surface area contributed by atoms with E-state index >= 15 is 0 Å². The number of rotatable bonds is 5. The van der Waals surface area contributed by atoms with Gasteiger partial charge in [0.1, 0.15) is 0 Å². The molecule has 7 nitrogen and oxygen atoms in total. The fourth-order valence-electron chi connectivity index (χ4n) is 4.12. The number of benzene rings is 1. The lowest BCUT2D eigenvalue weighted by Crippen LogP contribution is -2.44. The third-order valence-corrected chi connectivity index (χ3v) is 5.59. The Labute approximate surface area is 159 Å². The summed E-state index contributed by atoms with van der Waals surface area (Å²) in [5.74, 6) is 2.00. The van der Waals surface area contributed by atoms with Gasteiger partial charge in [0.05, 0.1) is 13.1 Å². The van der Waals surface area contributed by atoms with Crippen LogP contribution in [0.2, 0.25) is 0 Å². The maximum absolute atomic E-state index is 12.1. The molecule has 5 rings (SSSR count). The number of carbonyl (C=O) groups is 1. The van der Waals surface area contributed by atoms with E-state index in [1.807, 2.05) is 44.4 Å². The van der Waals surface area contributed by atoms with Crippen molar-refractivity contribution in [2.24, 2.45) is 5.92 Å². The highest BCUT2D eigenvalue weighted by atomic mass is 16.4. The Balaban J connectivity index is 1.42. The number of aromatic nitrogens is 2. The van der Waals surface area contributed by atoms with Gasteiger partial charge < -0.3 is 9.32 Å². The lowest BCUT2D eigenvalue weighted by Gasteiger charge is -2.35. The molecular weight excluding hydrogens is 342 g/mol. The summed E-state index contributed by atoms with van der Waals surface area (Å²) in [6.45, 7) is 4.13. The molecule has 144 valence electrons. The van der Waals surface area contributed by atoms with Crippen molar-refractivity contribution in [3.05, 3.63) is 36.2 Å². The molecule has 0 saturated carbocycles. The van der Waals surface area contributed by atoms with Crippen LogP contribution in [0.4, 0.5) is 0 Å². The van der Waals surface area contributed by atoms with Gasteiger partial charge in [0, 0.05) is 45.3 Å². The number of fused-ring (bicyclic) bond motifs is 4. The molecule has 2 atom stereocenters. The van der Waals surface area contributed by atoms with E-state index in [1.165, 1.54) is 6.42 Å². The Bertz CT molecular complexity index is 776. The number of piperidine rings is 1. The van der Waals surface area contributed by atoms with Gasteiger partial charge in [-0.3, -0.25) is 14.6 Å². The van der Waals surface area contributed by atoms with Gasteiger partial charge in [0.25, 0.3) is 0 Å². The normalized spacial score (nSPS) is 23.3. The molecule has 0 radical (unpaired) electrons. The Kier molecular flexibility index (Phi) is 5.22. The maximum Gasteiger partial charge on any atom is 0.247 e. The van der Waals surface area contributed by atoms with Gasteiger partial charge in [-0.05, 0) is 30.9 Å². The molecule has 1 aromatic carbocycles. The number of amides is 1. The van der Waals surface area contributed by atoms with Gasteiger partial charge in [-0.1, -0.05) is 18.2 Å². The Morgan fingerprint density at radius 2 is 1.96 bits per heavy atom. The molecule has 1 aromatic heterocycles. The first-order valence-electron chi connectivity index (χ1n) is 9.63. The summed E-state index contributed by atoms with van der Waals surface area (Å²) >= 11 is 0. The number of nitrogens with zero attached hydrogens (tertiary/aromatic N) is 5. The second kappa shape index (κ2) is 7.78. The van der Waals surface area contributed by atoms with Gasteiger partial charge in [0.15, 0.2) is 0 Å². The Morgan fingerprint density at radius 1 is 1.15 bits per heavy atom. The first-order valence-corrected chi connectivity index (χ1v) is 9.63. The molecule has 3 saturated heterocycles. The summed E-state index contributed by atoms with van der Waals surface area (Å²) in [5.41, 5.74) is 0.946. The smallest absolute Gasteiger partial charge is 0.247 e. The highest BCUT2D eigenvalue weighted by Gasteiger charge is 2.36. The number of carbonyl (C=O) groups excluding carboxylic acids is 1. The van der Waals surface area contributed by atoms with Crippen molar-refractivity contribution in [2.75, 3.05) is 40.3 Å². The summed E-state index contributed by atoms with van der Waals surface area (Å²) < 4.78 is 5.91. The van der Waals surface area contributed by atoms with Crippen molar-refractivity contribution in [3.63, 3.8) is 0 Å². The predicted octanol–water partition coefficient (Wildman–Crippen LogP) is 1.72. The fraction of sp³-hybridized carbons (Fsp3) is 0.550. The van der Waals surface area contributed by atoms with Crippen LogP contribution in [0.25, 0.3) is 11.5 Å². The first kappa shape index (κ1) is 18.1.